The molecule has 0 aliphatic heterocycles. The number of ether oxygens (including phenoxy) is 1. The van der Waals surface area contributed by atoms with E-state index >= 15 is 0 Å². The SMILES string of the molecule is CCC1CC(OCC(F)F)CC1c1nnc2cnc3[nH]ccc3n12. The van der Waals surface area contributed by atoms with E-state index in [9.17, 15) is 8.78 Å². The molecule has 0 radical (unpaired) electrons. The fraction of sp³-hybridized carbons (Fsp3) is 0.562. The highest BCUT2D eigenvalue weighted by Gasteiger charge is 2.38. The van der Waals surface area contributed by atoms with E-state index in [1.165, 1.54) is 0 Å². The molecule has 1 aliphatic rings. The summed E-state index contributed by atoms with van der Waals surface area (Å²) in [5.41, 5.74) is 2.41. The van der Waals surface area contributed by atoms with Gasteiger partial charge in [-0.3, -0.25) is 4.40 Å². The van der Waals surface area contributed by atoms with Crippen molar-refractivity contribution in [3.8, 4) is 0 Å². The minimum atomic E-state index is -2.43. The summed E-state index contributed by atoms with van der Waals surface area (Å²) in [6.45, 7) is 1.62. The largest absolute Gasteiger partial charge is 0.372 e. The van der Waals surface area contributed by atoms with Crippen molar-refractivity contribution in [2.24, 2.45) is 5.92 Å². The molecule has 6 nitrogen and oxygen atoms in total. The molecule has 128 valence electrons. The first-order valence-corrected chi connectivity index (χ1v) is 8.24. The maximum Gasteiger partial charge on any atom is 0.261 e. The van der Waals surface area contributed by atoms with Crippen LogP contribution < -0.4 is 0 Å². The number of alkyl halides is 2. The van der Waals surface area contributed by atoms with Gasteiger partial charge in [-0.2, -0.15) is 0 Å². The van der Waals surface area contributed by atoms with Gasteiger partial charge < -0.3 is 9.72 Å². The van der Waals surface area contributed by atoms with Crippen LogP contribution in [-0.2, 0) is 4.74 Å². The molecule has 0 saturated heterocycles. The molecule has 24 heavy (non-hydrogen) atoms. The second-order valence-corrected chi connectivity index (χ2v) is 6.31. The standard InChI is InChI=1S/C16H19F2N5O/c1-2-9-5-10(24-8-13(17)18)6-11(9)16-22-21-14-7-20-15-12(23(14)16)3-4-19-15/h3-4,7,9-11,13,19H,2,5-6,8H2,1H3. The number of aromatic nitrogens is 5. The molecular weight excluding hydrogens is 316 g/mol. The highest BCUT2D eigenvalue weighted by Crippen LogP contribution is 2.42. The number of H-pyrrole nitrogens is 1. The van der Waals surface area contributed by atoms with Gasteiger partial charge in [-0.15, -0.1) is 10.2 Å². The molecule has 1 aliphatic carbocycles. The van der Waals surface area contributed by atoms with E-state index in [-0.39, 0.29) is 12.0 Å². The number of nitrogens with zero attached hydrogens (tertiary/aromatic N) is 4. The van der Waals surface area contributed by atoms with Crippen LogP contribution in [0.2, 0.25) is 0 Å². The van der Waals surface area contributed by atoms with E-state index in [1.54, 1.807) is 6.20 Å². The smallest absolute Gasteiger partial charge is 0.261 e. The van der Waals surface area contributed by atoms with Crippen LogP contribution in [0.4, 0.5) is 8.78 Å². The van der Waals surface area contributed by atoms with Crippen molar-refractivity contribution in [1.29, 1.82) is 0 Å². The van der Waals surface area contributed by atoms with Crippen molar-refractivity contribution < 1.29 is 13.5 Å². The fourth-order valence-electron chi connectivity index (χ4n) is 3.82. The molecule has 1 saturated carbocycles. The Morgan fingerprint density at radius 1 is 1.38 bits per heavy atom. The van der Waals surface area contributed by atoms with E-state index < -0.39 is 13.0 Å². The Balaban J connectivity index is 1.69. The number of hydrogen-bond acceptors (Lipinski definition) is 4. The van der Waals surface area contributed by atoms with E-state index in [0.717, 1.165) is 29.8 Å². The number of fused-ring (bicyclic) bond motifs is 3. The lowest BCUT2D eigenvalue weighted by Gasteiger charge is -2.15. The summed E-state index contributed by atoms with van der Waals surface area (Å²) < 4.78 is 32.2. The molecular formula is C16H19F2N5O. The lowest BCUT2D eigenvalue weighted by atomic mass is 9.93. The average molecular weight is 335 g/mol. The Bertz CT molecular complexity index is 845. The summed E-state index contributed by atoms with van der Waals surface area (Å²) in [7, 11) is 0. The third-order valence-corrected chi connectivity index (χ3v) is 4.93. The molecule has 0 aromatic carbocycles. The van der Waals surface area contributed by atoms with Gasteiger partial charge in [0.05, 0.1) is 17.8 Å². The van der Waals surface area contributed by atoms with Gasteiger partial charge in [0.1, 0.15) is 12.4 Å². The van der Waals surface area contributed by atoms with Crippen molar-refractivity contribution in [1.82, 2.24) is 24.6 Å². The van der Waals surface area contributed by atoms with Gasteiger partial charge in [-0.25, -0.2) is 13.8 Å². The zero-order chi connectivity index (χ0) is 16.7. The number of halogens is 2. The fourth-order valence-corrected chi connectivity index (χ4v) is 3.82. The maximum absolute atomic E-state index is 12.4. The topological polar surface area (TPSA) is 68.1 Å². The van der Waals surface area contributed by atoms with Crippen LogP contribution in [0.15, 0.2) is 18.5 Å². The number of rotatable bonds is 5. The first kappa shape index (κ1) is 15.4. The third-order valence-electron chi connectivity index (χ3n) is 4.93. The molecule has 0 amide bonds. The second kappa shape index (κ2) is 6.08. The van der Waals surface area contributed by atoms with Crippen LogP contribution in [0, 0.1) is 5.92 Å². The predicted molar refractivity (Wildman–Crippen MR) is 84.1 cm³/mol. The zero-order valence-electron chi connectivity index (χ0n) is 13.3. The van der Waals surface area contributed by atoms with Crippen molar-refractivity contribution in [2.75, 3.05) is 6.61 Å². The Labute approximate surface area is 137 Å². The molecule has 3 unspecified atom stereocenters. The number of hydrogen-bond donors (Lipinski definition) is 1. The molecule has 3 atom stereocenters. The summed E-state index contributed by atoms with van der Waals surface area (Å²) in [5.74, 6) is 1.36. The zero-order valence-corrected chi connectivity index (χ0v) is 13.3. The monoisotopic (exact) mass is 335 g/mol. The normalized spacial score (nSPS) is 24.6. The van der Waals surface area contributed by atoms with Crippen LogP contribution in [0.3, 0.4) is 0 Å². The Morgan fingerprint density at radius 3 is 3.04 bits per heavy atom. The van der Waals surface area contributed by atoms with Crippen LogP contribution in [0.5, 0.6) is 0 Å². The molecule has 0 spiro atoms. The average Bonchev–Trinajstić information content (AvgIpc) is 3.28. The van der Waals surface area contributed by atoms with Crippen LogP contribution in [0.1, 0.15) is 37.9 Å². The van der Waals surface area contributed by atoms with Gasteiger partial charge in [0.15, 0.2) is 11.3 Å². The summed E-state index contributed by atoms with van der Waals surface area (Å²) in [6.07, 6.45) is 3.38. The lowest BCUT2D eigenvalue weighted by molar-refractivity contribution is -0.0227. The van der Waals surface area contributed by atoms with Crippen molar-refractivity contribution in [3.63, 3.8) is 0 Å². The van der Waals surface area contributed by atoms with Gasteiger partial charge >= 0.3 is 0 Å². The van der Waals surface area contributed by atoms with Crippen LogP contribution >= 0.6 is 0 Å². The van der Waals surface area contributed by atoms with Crippen LogP contribution in [-0.4, -0.2) is 43.7 Å². The van der Waals surface area contributed by atoms with E-state index in [2.05, 4.69) is 27.1 Å². The lowest BCUT2D eigenvalue weighted by Crippen LogP contribution is -2.14. The maximum atomic E-state index is 12.4. The molecule has 3 aromatic rings. The highest BCUT2D eigenvalue weighted by molar-refractivity contribution is 5.74. The van der Waals surface area contributed by atoms with E-state index in [4.69, 9.17) is 4.74 Å². The van der Waals surface area contributed by atoms with E-state index in [1.807, 2.05) is 16.7 Å². The second-order valence-electron chi connectivity index (χ2n) is 6.31. The first-order valence-electron chi connectivity index (χ1n) is 8.24. The highest BCUT2D eigenvalue weighted by atomic mass is 19.3. The first-order chi connectivity index (χ1) is 11.7. The molecule has 3 aromatic heterocycles. The molecule has 1 N–H and O–H groups in total. The summed E-state index contributed by atoms with van der Waals surface area (Å²) in [6, 6.07) is 1.95. The molecule has 4 rings (SSSR count). The minimum Gasteiger partial charge on any atom is -0.372 e. The van der Waals surface area contributed by atoms with Crippen molar-refractivity contribution in [2.45, 2.75) is 44.6 Å². The van der Waals surface area contributed by atoms with Crippen molar-refractivity contribution >= 4 is 16.8 Å². The van der Waals surface area contributed by atoms with Gasteiger partial charge in [-0.05, 0) is 24.8 Å². The van der Waals surface area contributed by atoms with Crippen molar-refractivity contribution in [3.05, 3.63) is 24.3 Å². The Morgan fingerprint density at radius 2 is 2.25 bits per heavy atom. The van der Waals surface area contributed by atoms with Gasteiger partial charge in [0, 0.05) is 12.1 Å². The predicted octanol–water partition coefficient (Wildman–Crippen LogP) is 3.16. The summed E-state index contributed by atoms with van der Waals surface area (Å²) in [4.78, 5) is 7.42. The van der Waals surface area contributed by atoms with E-state index in [0.29, 0.717) is 18.0 Å². The van der Waals surface area contributed by atoms with Crippen LogP contribution in [0.25, 0.3) is 16.8 Å². The Kier molecular flexibility index (Phi) is 3.91. The molecule has 8 heteroatoms. The quantitative estimate of drug-likeness (QED) is 0.778. The van der Waals surface area contributed by atoms with Gasteiger partial charge in [0.2, 0.25) is 0 Å². The summed E-state index contributed by atoms with van der Waals surface area (Å²) in [5, 5.41) is 8.63. The Hall–Kier alpha value is -2.09. The molecule has 3 heterocycles. The molecule has 1 fully saturated rings. The summed E-state index contributed by atoms with van der Waals surface area (Å²) >= 11 is 0. The third kappa shape index (κ3) is 2.54. The number of aromatic amines is 1. The van der Waals surface area contributed by atoms with Gasteiger partial charge in [0.25, 0.3) is 6.43 Å². The van der Waals surface area contributed by atoms with Gasteiger partial charge in [-0.1, -0.05) is 13.3 Å². The number of nitrogens with one attached hydrogen (secondary N) is 1. The minimum absolute atomic E-state index is 0.146. The molecule has 0 bridgehead atoms.